The molecule has 2 saturated heterocycles. The average molecular weight is 195 g/mol. The summed E-state index contributed by atoms with van der Waals surface area (Å²) < 4.78 is 4.65. The Morgan fingerprint density at radius 3 is 2.86 bits per heavy atom. The van der Waals surface area contributed by atoms with Crippen LogP contribution in [0.3, 0.4) is 0 Å². The summed E-state index contributed by atoms with van der Waals surface area (Å²) >= 11 is 0. The van der Waals surface area contributed by atoms with Crippen molar-refractivity contribution in [2.45, 2.75) is 31.8 Å². The van der Waals surface area contributed by atoms with E-state index in [9.17, 15) is 9.59 Å². The second kappa shape index (κ2) is 3.12. The first-order valence-corrected chi connectivity index (χ1v) is 4.77. The van der Waals surface area contributed by atoms with Crippen LogP contribution in [-0.2, 0) is 14.3 Å². The second-order valence-electron chi connectivity index (χ2n) is 3.59. The van der Waals surface area contributed by atoms with E-state index in [4.69, 9.17) is 0 Å². The van der Waals surface area contributed by atoms with Gasteiger partial charge in [0, 0.05) is 5.57 Å². The van der Waals surface area contributed by atoms with Crippen LogP contribution in [0, 0.1) is 0 Å². The molecular formula is C10H13NO3. The van der Waals surface area contributed by atoms with Gasteiger partial charge in [-0.15, -0.1) is 0 Å². The minimum absolute atomic E-state index is 0.00889. The molecule has 0 spiro atoms. The Morgan fingerprint density at radius 1 is 1.57 bits per heavy atom. The molecule has 0 aliphatic carbocycles. The van der Waals surface area contributed by atoms with Gasteiger partial charge in [0.2, 0.25) is 0 Å². The molecule has 0 radical (unpaired) electrons. The number of allylic oxidation sites excluding steroid dienone is 1. The van der Waals surface area contributed by atoms with Crippen LogP contribution in [0.1, 0.15) is 19.8 Å². The Labute approximate surface area is 82.5 Å². The molecule has 2 aliphatic rings. The van der Waals surface area contributed by atoms with Crippen molar-refractivity contribution in [1.29, 1.82) is 0 Å². The molecule has 76 valence electrons. The van der Waals surface area contributed by atoms with E-state index in [-0.39, 0.29) is 24.0 Å². The monoisotopic (exact) mass is 195 g/mol. The molecule has 0 aromatic heterocycles. The van der Waals surface area contributed by atoms with E-state index < -0.39 is 0 Å². The third-order valence-corrected chi connectivity index (χ3v) is 3.01. The SMILES string of the molecule is C/C=C1\C(=O)N2[C@@H]1CC[C@H]2C(=O)OC. The highest BCUT2D eigenvalue weighted by Gasteiger charge is 2.52. The molecule has 2 aliphatic heterocycles. The van der Waals surface area contributed by atoms with Gasteiger partial charge in [0.05, 0.1) is 13.2 Å². The topological polar surface area (TPSA) is 46.6 Å². The van der Waals surface area contributed by atoms with Crippen molar-refractivity contribution >= 4 is 11.9 Å². The number of hydrogen-bond acceptors (Lipinski definition) is 3. The molecule has 0 aromatic rings. The molecule has 4 nitrogen and oxygen atoms in total. The number of fused-ring (bicyclic) bond motifs is 1. The van der Waals surface area contributed by atoms with Crippen molar-refractivity contribution < 1.29 is 14.3 Å². The maximum atomic E-state index is 11.6. The molecule has 0 bridgehead atoms. The van der Waals surface area contributed by atoms with Crippen LogP contribution >= 0.6 is 0 Å². The molecule has 0 aromatic carbocycles. The molecule has 0 saturated carbocycles. The van der Waals surface area contributed by atoms with Gasteiger partial charge in [-0.25, -0.2) is 4.79 Å². The summed E-state index contributed by atoms with van der Waals surface area (Å²) in [6.45, 7) is 1.86. The van der Waals surface area contributed by atoms with Crippen molar-refractivity contribution in [1.82, 2.24) is 4.90 Å². The van der Waals surface area contributed by atoms with Crippen molar-refractivity contribution in [2.75, 3.05) is 7.11 Å². The highest BCUT2D eigenvalue weighted by atomic mass is 16.5. The van der Waals surface area contributed by atoms with Crippen LogP contribution < -0.4 is 0 Å². The van der Waals surface area contributed by atoms with Crippen LogP contribution in [0.4, 0.5) is 0 Å². The third-order valence-electron chi connectivity index (χ3n) is 3.01. The van der Waals surface area contributed by atoms with Crippen LogP contribution in [0.2, 0.25) is 0 Å². The number of hydrogen-bond donors (Lipinski definition) is 0. The van der Waals surface area contributed by atoms with Crippen molar-refractivity contribution in [3.05, 3.63) is 11.6 Å². The zero-order valence-electron chi connectivity index (χ0n) is 8.32. The number of nitrogens with zero attached hydrogens (tertiary/aromatic N) is 1. The summed E-state index contributed by atoms with van der Waals surface area (Å²) in [6, 6.07) is -0.183. The Morgan fingerprint density at radius 2 is 2.29 bits per heavy atom. The Hall–Kier alpha value is -1.32. The van der Waals surface area contributed by atoms with Crippen LogP contribution in [0.25, 0.3) is 0 Å². The van der Waals surface area contributed by atoms with Crippen LogP contribution in [0.5, 0.6) is 0 Å². The fourth-order valence-corrected chi connectivity index (χ4v) is 2.31. The molecule has 2 fully saturated rings. The van der Waals surface area contributed by atoms with E-state index in [0.29, 0.717) is 0 Å². The molecular weight excluding hydrogens is 182 g/mol. The molecule has 1 amide bonds. The standard InChI is InChI=1S/C10H13NO3/c1-3-6-7-4-5-8(10(13)14-2)11(7)9(6)12/h3,7-8H,4-5H2,1-2H3/b6-3-/t7-,8+/m1/s1. The fraction of sp³-hybridized carbons (Fsp3) is 0.600. The van der Waals surface area contributed by atoms with Gasteiger partial charge in [-0.3, -0.25) is 4.79 Å². The van der Waals surface area contributed by atoms with Crippen molar-refractivity contribution in [3.8, 4) is 0 Å². The summed E-state index contributed by atoms with van der Waals surface area (Å²) in [6.07, 6.45) is 3.44. The predicted octanol–water partition coefficient (Wildman–Crippen LogP) is 0.479. The molecule has 2 atom stereocenters. The quantitative estimate of drug-likeness (QED) is 0.347. The maximum absolute atomic E-state index is 11.6. The third kappa shape index (κ3) is 0.997. The highest BCUT2D eigenvalue weighted by molar-refractivity contribution is 6.04. The van der Waals surface area contributed by atoms with Gasteiger partial charge in [-0.1, -0.05) is 6.08 Å². The first kappa shape index (κ1) is 9.24. The molecule has 2 heterocycles. The number of methoxy groups -OCH3 is 1. The maximum Gasteiger partial charge on any atom is 0.328 e. The number of ether oxygens (including phenoxy) is 1. The average Bonchev–Trinajstić information content (AvgIpc) is 2.57. The summed E-state index contributed by atoms with van der Waals surface area (Å²) in [5.74, 6) is -0.304. The first-order valence-electron chi connectivity index (χ1n) is 4.77. The van der Waals surface area contributed by atoms with E-state index in [2.05, 4.69) is 4.74 Å². The van der Waals surface area contributed by atoms with Gasteiger partial charge in [-0.2, -0.15) is 0 Å². The fourth-order valence-electron chi connectivity index (χ4n) is 2.31. The number of carbonyl (C=O) groups is 2. The van der Waals surface area contributed by atoms with E-state index in [0.717, 1.165) is 18.4 Å². The summed E-state index contributed by atoms with van der Waals surface area (Å²) in [5, 5.41) is 0. The van der Waals surface area contributed by atoms with Gasteiger partial charge in [-0.05, 0) is 19.8 Å². The molecule has 14 heavy (non-hydrogen) atoms. The molecule has 2 rings (SSSR count). The first-order chi connectivity index (χ1) is 6.70. The summed E-state index contributed by atoms with van der Waals surface area (Å²) in [7, 11) is 1.36. The van der Waals surface area contributed by atoms with Crippen LogP contribution in [0.15, 0.2) is 11.6 Å². The minimum atomic E-state index is -0.346. The lowest BCUT2D eigenvalue weighted by molar-refractivity contribution is -0.154. The number of rotatable bonds is 1. The van der Waals surface area contributed by atoms with Crippen molar-refractivity contribution in [3.63, 3.8) is 0 Å². The lowest BCUT2D eigenvalue weighted by Gasteiger charge is -2.39. The van der Waals surface area contributed by atoms with Gasteiger partial charge < -0.3 is 9.64 Å². The second-order valence-corrected chi connectivity index (χ2v) is 3.59. The van der Waals surface area contributed by atoms with Crippen LogP contribution in [-0.4, -0.2) is 36.0 Å². The largest absolute Gasteiger partial charge is 0.467 e. The van der Waals surface area contributed by atoms with E-state index in [1.165, 1.54) is 7.11 Å². The lowest BCUT2D eigenvalue weighted by Crippen LogP contribution is -2.56. The van der Waals surface area contributed by atoms with E-state index in [1.807, 2.05) is 13.0 Å². The van der Waals surface area contributed by atoms with Gasteiger partial charge in [0.25, 0.3) is 5.91 Å². The normalized spacial score (nSPS) is 32.9. The number of esters is 1. The molecule has 4 heteroatoms. The zero-order chi connectivity index (χ0) is 10.3. The van der Waals surface area contributed by atoms with E-state index in [1.54, 1.807) is 4.90 Å². The smallest absolute Gasteiger partial charge is 0.328 e. The Balaban J connectivity index is 2.16. The van der Waals surface area contributed by atoms with E-state index >= 15 is 0 Å². The van der Waals surface area contributed by atoms with Gasteiger partial charge >= 0.3 is 5.97 Å². The molecule has 0 N–H and O–H groups in total. The summed E-state index contributed by atoms with van der Waals surface area (Å²) in [5.41, 5.74) is 0.844. The summed E-state index contributed by atoms with van der Waals surface area (Å²) in [4.78, 5) is 24.5. The number of carbonyl (C=O) groups excluding carboxylic acids is 2. The highest BCUT2D eigenvalue weighted by Crippen LogP contribution is 2.39. The number of β-lactam (4-membered cyclic amide) rings is 1. The lowest BCUT2D eigenvalue weighted by atomic mass is 9.95. The minimum Gasteiger partial charge on any atom is -0.467 e. The Kier molecular flexibility index (Phi) is 2.06. The molecule has 0 unspecified atom stereocenters. The van der Waals surface area contributed by atoms with Gasteiger partial charge in [0.15, 0.2) is 0 Å². The van der Waals surface area contributed by atoms with Crippen molar-refractivity contribution in [2.24, 2.45) is 0 Å². The Bertz CT molecular complexity index is 321. The number of amides is 1. The zero-order valence-corrected chi connectivity index (χ0v) is 8.32. The predicted molar refractivity (Wildman–Crippen MR) is 49.4 cm³/mol. The van der Waals surface area contributed by atoms with Gasteiger partial charge in [0.1, 0.15) is 6.04 Å².